The molecule has 0 spiro atoms. The number of carbonyl (C=O) groups excluding carboxylic acids is 1. The standard InChI is InChI=1S/C16H24N4O3/c1-11(8-13-6-5-7-22-13)17-9-12-10-18-20-14(12)19-15(21)23-16(2,3)4/h5-7,10-11,17H,8-9H2,1-4H3,(H2,18,19,20,21). The fourth-order valence-corrected chi connectivity index (χ4v) is 2.05. The molecule has 2 aromatic rings. The van der Waals surface area contributed by atoms with E-state index < -0.39 is 11.7 Å². The first-order chi connectivity index (χ1) is 10.8. The molecule has 2 heterocycles. The quantitative estimate of drug-likeness (QED) is 0.760. The molecule has 0 aliphatic carbocycles. The van der Waals surface area contributed by atoms with Crippen LogP contribution in [0.25, 0.3) is 0 Å². The van der Waals surface area contributed by atoms with Crippen molar-refractivity contribution in [3.8, 4) is 0 Å². The number of furan rings is 1. The highest BCUT2D eigenvalue weighted by Gasteiger charge is 2.18. The zero-order valence-corrected chi connectivity index (χ0v) is 14.0. The number of aromatic amines is 1. The molecule has 0 aliphatic rings. The summed E-state index contributed by atoms with van der Waals surface area (Å²) in [5.74, 6) is 1.47. The van der Waals surface area contributed by atoms with Crippen molar-refractivity contribution in [2.75, 3.05) is 5.32 Å². The van der Waals surface area contributed by atoms with E-state index in [4.69, 9.17) is 9.15 Å². The minimum absolute atomic E-state index is 0.227. The molecule has 2 rings (SSSR count). The summed E-state index contributed by atoms with van der Waals surface area (Å²) in [5.41, 5.74) is 0.322. The zero-order valence-electron chi connectivity index (χ0n) is 14.0. The molecule has 7 nitrogen and oxygen atoms in total. The maximum Gasteiger partial charge on any atom is 0.413 e. The number of hydrogen-bond acceptors (Lipinski definition) is 5. The highest BCUT2D eigenvalue weighted by Crippen LogP contribution is 2.14. The molecule has 0 bridgehead atoms. The van der Waals surface area contributed by atoms with Crippen molar-refractivity contribution in [2.45, 2.75) is 52.3 Å². The van der Waals surface area contributed by atoms with Crippen LogP contribution in [-0.2, 0) is 17.7 Å². The van der Waals surface area contributed by atoms with Gasteiger partial charge in [-0.3, -0.25) is 10.4 Å². The number of nitrogens with one attached hydrogen (secondary N) is 3. The Morgan fingerprint density at radius 2 is 2.26 bits per heavy atom. The number of anilines is 1. The summed E-state index contributed by atoms with van der Waals surface area (Å²) < 4.78 is 10.6. The Hall–Kier alpha value is -2.28. The number of aromatic nitrogens is 2. The lowest BCUT2D eigenvalue weighted by molar-refractivity contribution is 0.0635. The smallest absolute Gasteiger partial charge is 0.413 e. The fraction of sp³-hybridized carbons (Fsp3) is 0.500. The van der Waals surface area contributed by atoms with Gasteiger partial charge in [0.05, 0.1) is 12.5 Å². The molecule has 1 unspecified atom stereocenters. The van der Waals surface area contributed by atoms with Gasteiger partial charge in [-0.15, -0.1) is 0 Å². The first-order valence-electron chi connectivity index (χ1n) is 7.61. The number of hydrogen-bond donors (Lipinski definition) is 3. The van der Waals surface area contributed by atoms with Gasteiger partial charge in [0.15, 0.2) is 0 Å². The van der Waals surface area contributed by atoms with Gasteiger partial charge in [0.2, 0.25) is 0 Å². The molecule has 0 aliphatic heterocycles. The van der Waals surface area contributed by atoms with Crippen LogP contribution in [0.4, 0.5) is 10.6 Å². The van der Waals surface area contributed by atoms with E-state index in [1.165, 1.54) is 0 Å². The molecule has 0 aromatic carbocycles. The van der Waals surface area contributed by atoms with Crippen LogP contribution in [0.3, 0.4) is 0 Å². The number of ether oxygens (including phenoxy) is 1. The zero-order chi connectivity index (χ0) is 16.9. The van der Waals surface area contributed by atoms with Crippen molar-refractivity contribution in [1.29, 1.82) is 0 Å². The van der Waals surface area contributed by atoms with Crippen molar-refractivity contribution in [3.63, 3.8) is 0 Å². The van der Waals surface area contributed by atoms with E-state index in [9.17, 15) is 4.79 Å². The van der Waals surface area contributed by atoms with E-state index >= 15 is 0 Å². The predicted octanol–water partition coefficient (Wildman–Crippen LogP) is 3.07. The van der Waals surface area contributed by atoms with Crippen LogP contribution in [0.1, 0.15) is 39.0 Å². The SMILES string of the molecule is CC(Cc1ccco1)NCc1cn[nH]c1NC(=O)OC(C)(C)C. The van der Waals surface area contributed by atoms with Crippen molar-refractivity contribution >= 4 is 11.9 Å². The molecular weight excluding hydrogens is 296 g/mol. The Labute approximate surface area is 135 Å². The maximum absolute atomic E-state index is 11.8. The molecule has 1 amide bonds. The summed E-state index contributed by atoms with van der Waals surface area (Å²) in [4.78, 5) is 11.8. The molecule has 126 valence electrons. The van der Waals surface area contributed by atoms with E-state index in [0.29, 0.717) is 12.4 Å². The van der Waals surface area contributed by atoms with Gasteiger partial charge in [-0.2, -0.15) is 5.10 Å². The van der Waals surface area contributed by atoms with Gasteiger partial charge in [-0.05, 0) is 39.8 Å². The minimum Gasteiger partial charge on any atom is -0.469 e. The van der Waals surface area contributed by atoms with Gasteiger partial charge in [0.25, 0.3) is 0 Å². The molecule has 3 N–H and O–H groups in total. The molecule has 0 saturated carbocycles. The maximum atomic E-state index is 11.8. The van der Waals surface area contributed by atoms with Crippen molar-refractivity contribution in [2.24, 2.45) is 0 Å². The Balaban J connectivity index is 1.84. The first kappa shape index (κ1) is 17.1. The van der Waals surface area contributed by atoms with E-state index in [0.717, 1.165) is 17.7 Å². The van der Waals surface area contributed by atoms with E-state index in [1.54, 1.807) is 12.5 Å². The summed E-state index contributed by atoms with van der Waals surface area (Å²) >= 11 is 0. The van der Waals surface area contributed by atoms with Gasteiger partial charge >= 0.3 is 6.09 Å². The average Bonchev–Trinajstić information content (AvgIpc) is 3.06. The second kappa shape index (κ2) is 7.32. The summed E-state index contributed by atoms with van der Waals surface area (Å²) in [6.07, 6.45) is 3.63. The summed E-state index contributed by atoms with van der Waals surface area (Å²) in [5, 5.41) is 12.8. The van der Waals surface area contributed by atoms with Gasteiger partial charge in [0.1, 0.15) is 17.2 Å². The Morgan fingerprint density at radius 1 is 1.48 bits per heavy atom. The topological polar surface area (TPSA) is 92.2 Å². The van der Waals surface area contributed by atoms with Gasteiger partial charge in [-0.25, -0.2) is 4.79 Å². The second-order valence-corrected chi connectivity index (χ2v) is 6.46. The number of amides is 1. The van der Waals surface area contributed by atoms with Crippen molar-refractivity contribution < 1.29 is 13.9 Å². The van der Waals surface area contributed by atoms with Gasteiger partial charge in [-0.1, -0.05) is 0 Å². The highest BCUT2D eigenvalue weighted by molar-refractivity contribution is 5.84. The Morgan fingerprint density at radius 3 is 2.91 bits per heavy atom. The van der Waals surface area contributed by atoms with Crippen LogP contribution >= 0.6 is 0 Å². The average molecular weight is 320 g/mol. The third-order valence-corrected chi connectivity index (χ3v) is 3.07. The van der Waals surface area contributed by atoms with Crippen LogP contribution < -0.4 is 10.6 Å². The van der Waals surface area contributed by atoms with E-state index in [1.807, 2.05) is 32.9 Å². The molecule has 0 radical (unpaired) electrons. The number of H-pyrrole nitrogens is 1. The van der Waals surface area contributed by atoms with Crippen LogP contribution in [-0.4, -0.2) is 27.9 Å². The third-order valence-electron chi connectivity index (χ3n) is 3.07. The van der Waals surface area contributed by atoms with Crippen LogP contribution in [0.15, 0.2) is 29.0 Å². The lowest BCUT2D eigenvalue weighted by atomic mass is 10.2. The Bertz CT molecular complexity index is 614. The number of rotatable bonds is 6. The van der Waals surface area contributed by atoms with Crippen LogP contribution in [0, 0.1) is 0 Å². The summed E-state index contributed by atoms with van der Waals surface area (Å²) in [6.45, 7) is 8.10. The first-order valence-corrected chi connectivity index (χ1v) is 7.61. The largest absolute Gasteiger partial charge is 0.469 e. The summed E-state index contributed by atoms with van der Waals surface area (Å²) in [6, 6.07) is 4.05. The lowest BCUT2D eigenvalue weighted by Gasteiger charge is -2.19. The second-order valence-electron chi connectivity index (χ2n) is 6.46. The van der Waals surface area contributed by atoms with Gasteiger partial charge in [0, 0.05) is 24.6 Å². The lowest BCUT2D eigenvalue weighted by Crippen LogP contribution is -2.29. The molecule has 1 atom stereocenters. The molecular formula is C16H24N4O3. The van der Waals surface area contributed by atoms with Gasteiger partial charge < -0.3 is 14.5 Å². The third kappa shape index (κ3) is 5.78. The summed E-state index contributed by atoms with van der Waals surface area (Å²) in [7, 11) is 0. The molecule has 2 aromatic heterocycles. The normalized spacial score (nSPS) is 12.9. The highest BCUT2D eigenvalue weighted by atomic mass is 16.6. The number of nitrogens with zero attached hydrogens (tertiary/aromatic N) is 1. The molecule has 0 saturated heterocycles. The number of carbonyl (C=O) groups is 1. The molecule has 7 heteroatoms. The monoisotopic (exact) mass is 320 g/mol. The molecule has 23 heavy (non-hydrogen) atoms. The van der Waals surface area contributed by atoms with E-state index in [2.05, 4.69) is 27.8 Å². The predicted molar refractivity (Wildman–Crippen MR) is 87.2 cm³/mol. The van der Waals surface area contributed by atoms with E-state index in [-0.39, 0.29) is 6.04 Å². The van der Waals surface area contributed by atoms with Crippen molar-refractivity contribution in [3.05, 3.63) is 35.9 Å². The fourth-order valence-electron chi connectivity index (χ4n) is 2.05. The van der Waals surface area contributed by atoms with Crippen LogP contribution in [0.2, 0.25) is 0 Å². The molecule has 0 fully saturated rings. The minimum atomic E-state index is -0.542. The Kier molecular flexibility index (Phi) is 5.44. The van der Waals surface area contributed by atoms with Crippen molar-refractivity contribution in [1.82, 2.24) is 15.5 Å². The van der Waals surface area contributed by atoms with Crippen LogP contribution in [0.5, 0.6) is 0 Å².